The molecule has 1 aromatic rings. The van der Waals surface area contributed by atoms with Crippen molar-refractivity contribution in [2.24, 2.45) is 5.92 Å². The first-order valence-electron chi connectivity index (χ1n) is 10.5. The summed E-state index contributed by atoms with van der Waals surface area (Å²) in [7, 11) is 0. The zero-order chi connectivity index (χ0) is 20.4. The van der Waals surface area contributed by atoms with Crippen molar-refractivity contribution < 1.29 is 9.47 Å². The summed E-state index contributed by atoms with van der Waals surface area (Å²) in [6.45, 7) is 11.4. The van der Waals surface area contributed by atoms with Crippen molar-refractivity contribution >= 4 is 23.2 Å². The summed E-state index contributed by atoms with van der Waals surface area (Å²) >= 11 is 12.0. The molecule has 1 aliphatic heterocycles. The minimum absolute atomic E-state index is 0.245. The van der Waals surface area contributed by atoms with Crippen molar-refractivity contribution in [3.8, 4) is 5.75 Å². The Hall–Kier alpha value is -0.740. The number of hydrogen-bond donors (Lipinski definition) is 0. The lowest BCUT2D eigenvalue weighted by Gasteiger charge is -2.30. The van der Waals surface area contributed by atoms with E-state index in [4.69, 9.17) is 32.7 Å². The topological polar surface area (TPSA) is 21.7 Å². The first-order valence-corrected chi connectivity index (χ1v) is 11.3. The molecule has 0 aliphatic carbocycles. The fourth-order valence-electron chi connectivity index (χ4n) is 3.48. The lowest BCUT2D eigenvalue weighted by Crippen LogP contribution is -2.34. The van der Waals surface area contributed by atoms with Gasteiger partial charge in [0.15, 0.2) is 0 Å². The summed E-state index contributed by atoms with van der Waals surface area (Å²) in [6, 6.07) is 5.40. The van der Waals surface area contributed by atoms with Gasteiger partial charge in [-0.25, -0.2) is 0 Å². The number of halogens is 2. The third kappa shape index (κ3) is 8.73. The fourth-order valence-corrected chi connectivity index (χ4v) is 3.77. The Labute approximate surface area is 181 Å². The summed E-state index contributed by atoms with van der Waals surface area (Å²) in [4.78, 5) is 2.58. The summed E-state index contributed by atoms with van der Waals surface area (Å²) in [5.74, 6) is 1.19. The van der Waals surface area contributed by atoms with Crippen molar-refractivity contribution in [1.29, 1.82) is 0 Å². The number of nitrogens with zero attached hydrogens (tertiary/aromatic N) is 1. The number of hydrogen-bond acceptors (Lipinski definition) is 3. The predicted molar refractivity (Wildman–Crippen MR) is 120 cm³/mol. The Morgan fingerprint density at radius 1 is 1.11 bits per heavy atom. The van der Waals surface area contributed by atoms with Gasteiger partial charge in [-0.2, -0.15) is 0 Å². The van der Waals surface area contributed by atoms with Crippen molar-refractivity contribution in [2.75, 3.05) is 32.8 Å². The molecule has 1 fully saturated rings. The van der Waals surface area contributed by atoms with Gasteiger partial charge in [0.1, 0.15) is 5.75 Å². The summed E-state index contributed by atoms with van der Waals surface area (Å²) < 4.78 is 12.1. The Morgan fingerprint density at radius 2 is 1.86 bits per heavy atom. The van der Waals surface area contributed by atoms with Gasteiger partial charge in [0.25, 0.3) is 0 Å². The number of ether oxygens (including phenoxy) is 2. The first-order chi connectivity index (χ1) is 13.5. The van der Waals surface area contributed by atoms with Crippen LogP contribution in [0.15, 0.2) is 29.8 Å². The molecule has 5 heteroatoms. The molecule has 0 N–H and O–H groups in total. The highest BCUT2D eigenvalue weighted by molar-refractivity contribution is 6.42. The molecule has 0 radical (unpaired) electrons. The van der Waals surface area contributed by atoms with Crippen molar-refractivity contribution in [2.45, 2.75) is 59.0 Å². The maximum absolute atomic E-state index is 6.25. The highest BCUT2D eigenvalue weighted by Crippen LogP contribution is 2.27. The quantitative estimate of drug-likeness (QED) is 0.370. The second kappa shape index (κ2) is 12.7. The van der Waals surface area contributed by atoms with Crippen molar-refractivity contribution in [3.05, 3.63) is 39.9 Å². The molecule has 0 aromatic heterocycles. The van der Waals surface area contributed by atoms with Crippen LogP contribution in [0, 0.1) is 5.92 Å². The van der Waals surface area contributed by atoms with E-state index in [0.29, 0.717) is 29.2 Å². The highest BCUT2D eigenvalue weighted by Gasteiger charge is 2.20. The Balaban J connectivity index is 1.82. The number of allylic oxidation sites excluding steroid dienone is 1. The molecule has 2 atom stereocenters. The van der Waals surface area contributed by atoms with Gasteiger partial charge in [0.05, 0.1) is 29.4 Å². The van der Waals surface area contributed by atoms with E-state index < -0.39 is 0 Å². The van der Waals surface area contributed by atoms with E-state index in [0.717, 1.165) is 25.1 Å². The SMILES string of the molecule is CC(C)=CCOC(CCN1CCCCC1)C(C)CCOc1ccc(Cl)c(Cl)c1. The van der Waals surface area contributed by atoms with Gasteiger partial charge in [0, 0.05) is 12.6 Å². The second-order valence-corrected chi connectivity index (χ2v) is 8.85. The van der Waals surface area contributed by atoms with Gasteiger partial charge < -0.3 is 14.4 Å². The molecule has 0 saturated carbocycles. The maximum Gasteiger partial charge on any atom is 0.120 e. The molecule has 0 bridgehead atoms. The smallest absolute Gasteiger partial charge is 0.120 e. The molecule has 1 aliphatic rings. The normalized spacial score (nSPS) is 17.2. The van der Waals surface area contributed by atoms with Crippen LogP contribution in [0.3, 0.4) is 0 Å². The lowest BCUT2D eigenvalue weighted by atomic mass is 9.97. The van der Waals surface area contributed by atoms with Gasteiger partial charge in [0.2, 0.25) is 0 Å². The van der Waals surface area contributed by atoms with E-state index in [9.17, 15) is 0 Å². The number of rotatable bonds is 11. The van der Waals surface area contributed by atoms with E-state index in [1.165, 1.54) is 37.9 Å². The molecule has 1 aromatic carbocycles. The summed E-state index contributed by atoms with van der Waals surface area (Å²) in [6.07, 6.45) is 8.46. The Morgan fingerprint density at radius 3 is 2.54 bits per heavy atom. The number of likely N-dealkylation sites (tertiary alicyclic amines) is 1. The van der Waals surface area contributed by atoms with Gasteiger partial charge in [-0.15, -0.1) is 0 Å². The number of piperidine rings is 1. The van der Waals surface area contributed by atoms with Crippen LogP contribution in [-0.4, -0.2) is 43.9 Å². The summed E-state index contributed by atoms with van der Waals surface area (Å²) in [5.41, 5.74) is 1.30. The van der Waals surface area contributed by atoms with Crippen molar-refractivity contribution in [1.82, 2.24) is 4.90 Å². The molecule has 0 amide bonds. The van der Waals surface area contributed by atoms with Crippen LogP contribution in [0.5, 0.6) is 5.75 Å². The molecule has 1 saturated heterocycles. The average molecular weight is 428 g/mol. The van der Waals surface area contributed by atoms with Gasteiger partial charge >= 0.3 is 0 Å². The lowest BCUT2D eigenvalue weighted by molar-refractivity contribution is 0.0137. The van der Waals surface area contributed by atoms with E-state index in [-0.39, 0.29) is 6.10 Å². The number of benzene rings is 1. The highest BCUT2D eigenvalue weighted by atomic mass is 35.5. The third-order valence-electron chi connectivity index (χ3n) is 5.35. The van der Waals surface area contributed by atoms with Gasteiger partial charge in [-0.1, -0.05) is 48.2 Å². The van der Waals surface area contributed by atoms with Crippen LogP contribution in [-0.2, 0) is 4.74 Å². The largest absolute Gasteiger partial charge is 0.494 e. The van der Waals surface area contributed by atoms with Crippen LogP contribution in [0.25, 0.3) is 0 Å². The van der Waals surface area contributed by atoms with Crippen molar-refractivity contribution in [3.63, 3.8) is 0 Å². The monoisotopic (exact) mass is 427 g/mol. The minimum Gasteiger partial charge on any atom is -0.494 e. The molecular formula is C23H35Cl2NO2. The maximum atomic E-state index is 6.25. The Kier molecular flexibility index (Phi) is 10.7. The molecule has 2 unspecified atom stereocenters. The third-order valence-corrected chi connectivity index (χ3v) is 6.09. The first kappa shape index (κ1) is 23.5. The minimum atomic E-state index is 0.245. The fraction of sp³-hybridized carbons (Fsp3) is 0.652. The zero-order valence-electron chi connectivity index (χ0n) is 17.6. The van der Waals surface area contributed by atoms with Crippen LogP contribution < -0.4 is 4.74 Å². The molecule has 0 spiro atoms. The van der Waals surface area contributed by atoms with Crippen LogP contribution in [0.2, 0.25) is 10.0 Å². The molecule has 28 heavy (non-hydrogen) atoms. The molecule has 3 nitrogen and oxygen atoms in total. The van der Waals surface area contributed by atoms with E-state index >= 15 is 0 Å². The van der Waals surface area contributed by atoms with Crippen LogP contribution >= 0.6 is 23.2 Å². The molecule has 158 valence electrons. The molecule has 2 rings (SSSR count). The zero-order valence-corrected chi connectivity index (χ0v) is 19.1. The molecular weight excluding hydrogens is 393 g/mol. The van der Waals surface area contributed by atoms with Gasteiger partial charge in [-0.3, -0.25) is 0 Å². The van der Waals surface area contributed by atoms with E-state index in [2.05, 4.69) is 31.7 Å². The standard InChI is InChI=1S/C23H35Cl2NO2/c1-18(2)10-15-28-23(9-14-26-12-5-4-6-13-26)19(3)11-16-27-20-7-8-21(24)22(25)17-20/h7-8,10,17,19,23H,4-6,9,11-16H2,1-3H3. The molecule has 1 heterocycles. The van der Waals surface area contributed by atoms with E-state index in [1.807, 2.05) is 6.07 Å². The predicted octanol–water partition coefficient (Wildman–Crippen LogP) is 6.63. The van der Waals surface area contributed by atoms with E-state index in [1.54, 1.807) is 12.1 Å². The Bertz CT molecular complexity index is 611. The van der Waals surface area contributed by atoms with Gasteiger partial charge in [-0.05, 0) is 70.7 Å². The van der Waals surface area contributed by atoms with Crippen LogP contribution in [0.4, 0.5) is 0 Å². The average Bonchev–Trinajstić information content (AvgIpc) is 2.67. The van der Waals surface area contributed by atoms with Crippen LogP contribution in [0.1, 0.15) is 52.9 Å². The summed E-state index contributed by atoms with van der Waals surface area (Å²) in [5, 5.41) is 1.07. The second-order valence-electron chi connectivity index (χ2n) is 8.03.